The molecule has 1 aliphatic heterocycles. The lowest BCUT2D eigenvalue weighted by Gasteiger charge is -2.35. The van der Waals surface area contributed by atoms with Gasteiger partial charge in [-0.15, -0.1) is 35.3 Å². The van der Waals surface area contributed by atoms with E-state index >= 15 is 0 Å². The van der Waals surface area contributed by atoms with Crippen LogP contribution in [-0.4, -0.2) is 48.2 Å². The number of hydrogen-bond donors (Lipinski definition) is 2. The van der Waals surface area contributed by atoms with E-state index in [1.807, 2.05) is 6.92 Å². The number of halogens is 1. The van der Waals surface area contributed by atoms with Gasteiger partial charge < -0.3 is 15.4 Å². The normalized spacial score (nSPS) is 20.0. The fourth-order valence-corrected chi connectivity index (χ4v) is 4.49. The zero-order valence-electron chi connectivity index (χ0n) is 18.6. The van der Waals surface area contributed by atoms with Crippen molar-refractivity contribution < 1.29 is 4.74 Å². The molecule has 2 N–H and O–H groups in total. The lowest BCUT2D eigenvalue weighted by Crippen LogP contribution is -2.44. The zero-order valence-corrected chi connectivity index (χ0v) is 21.7. The lowest BCUT2D eigenvalue weighted by molar-refractivity contribution is -0.0704. The number of aromatic nitrogens is 1. The van der Waals surface area contributed by atoms with Crippen LogP contribution in [0.25, 0.3) is 0 Å². The smallest absolute Gasteiger partial charge is 0.191 e. The predicted octanol–water partition coefficient (Wildman–Crippen LogP) is 3.85. The number of benzene rings is 1. The van der Waals surface area contributed by atoms with Gasteiger partial charge in [0.2, 0.25) is 0 Å². The van der Waals surface area contributed by atoms with Crippen molar-refractivity contribution >= 4 is 41.3 Å². The van der Waals surface area contributed by atoms with E-state index < -0.39 is 0 Å². The molecule has 2 atom stereocenters. The number of aliphatic imine (C=N–C) groups is 1. The van der Waals surface area contributed by atoms with Crippen LogP contribution in [0.15, 0.2) is 29.3 Å². The Morgan fingerprint density at radius 3 is 2.27 bits per heavy atom. The molecule has 1 aromatic heterocycles. The van der Waals surface area contributed by atoms with Crippen molar-refractivity contribution in [2.75, 3.05) is 20.1 Å². The molecule has 0 radical (unpaired) electrons. The SMILES string of the molecule is CN=C(NCc1ccc(CN2CC(C)OC(C)C2)cc1)NCc1nc(C)c(C)s1.I. The van der Waals surface area contributed by atoms with Gasteiger partial charge in [-0.2, -0.15) is 0 Å². The van der Waals surface area contributed by atoms with Crippen LogP contribution in [-0.2, 0) is 24.4 Å². The zero-order chi connectivity index (χ0) is 20.8. The summed E-state index contributed by atoms with van der Waals surface area (Å²) in [5.41, 5.74) is 3.68. The van der Waals surface area contributed by atoms with Crippen LogP contribution in [0.1, 0.15) is 40.6 Å². The summed E-state index contributed by atoms with van der Waals surface area (Å²) in [6, 6.07) is 8.82. The van der Waals surface area contributed by atoms with E-state index in [0.717, 1.165) is 42.8 Å². The third kappa shape index (κ3) is 7.47. The maximum atomic E-state index is 5.82. The quantitative estimate of drug-likeness (QED) is 0.330. The van der Waals surface area contributed by atoms with Crippen molar-refractivity contribution in [1.82, 2.24) is 20.5 Å². The van der Waals surface area contributed by atoms with E-state index in [2.05, 4.69) is 70.5 Å². The molecule has 3 rings (SSSR count). The Hall–Kier alpha value is -1.23. The Morgan fingerprint density at radius 1 is 1.10 bits per heavy atom. The largest absolute Gasteiger partial charge is 0.373 e. The van der Waals surface area contributed by atoms with Gasteiger partial charge in [-0.05, 0) is 38.8 Å². The lowest BCUT2D eigenvalue weighted by atomic mass is 10.1. The highest BCUT2D eigenvalue weighted by molar-refractivity contribution is 14.0. The minimum Gasteiger partial charge on any atom is -0.373 e. The van der Waals surface area contributed by atoms with Gasteiger partial charge in [0.25, 0.3) is 0 Å². The van der Waals surface area contributed by atoms with Gasteiger partial charge in [0.15, 0.2) is 5.96 Å². The molecular weight excluding hydrogens is 509 g/mol. The molecule has 2 heterocycles. The fourth-order valence-electron chi connectivity index (χ4n) is 3.61. The first-order valence-corrected chi connectivity index (χ1v) is 11.1. The molecule has 8 heteroatoms. The topological polar surface area (TPSA) is 61.8 Å². The van der Waals surface area contributed by atoms with Gasteiger partial charge in [0.05, 0.1) is 24.4 Å². The number of nitrogens with one attached hydrogen (secondary N) is 2. The second kappa shape index (κ2) is 12.0. The molecule has 0 spiro atoms. The summed E-state index contributed by atoms with van der Waals surface area (Å²) in [7, 11) is 1.79. The number of morpholine rings is 1. The van der Waals surface area contributed by atoms with Crippen molar-refractivity contribution in [2.45, 2.75) is 59.5 Å². The Labute approximate surface area is 201 Å². The molecule has 1 saturated heterocycles. The summed E-state index contributed by atoms with van der Waals surface area (Å²) >= 11 is 1.73. The van der Waals surface area contributed by atoms with Crippen LogP contribution >= 0.6 is 35.3 Å². The van der Waals surface area contributed by atoms with E-state index in [1.165, 1.54) is 16.0 Å². The number of guanidine groups is 1. The molecule has 2 unspecified atom stereocenters. The van der Waals surface area contributed by atoms with E-state index in [1.54, 1.807) is 18.4 Å². The number of nitrogens with zero attached hydrogens (tertiary/aromatic N) is 3. The average molecular weight is 544 g/mol. The van der Waals surface area contributed by atoms with Crippen molar-refractivity contribution in [2.24, 2.45) is 4.99 Å². The maximum absolute atomic E-state index is 5.82. The summed E-state index contributed by atoms with van der Waals surface area (Å²) in [5.74, 6) is 0.788. The Balaban J connectivity index is 0.00000320. The minimum absolute atomic E-state index is 0. The molecule has 0 aliphatic carbocycles. The standard InChI is InChI=1S/C22H33N5OS.HI/c1-15-12-27(13-16(2)28-15)14-20-8-6-19(7-9-20)10-24-22(23-5)25-11-21-26-17(3)18(4)29-21;/h6-9,15-16H,10-14H2,1-5H3,(H2,23,24,25);1H. The number of aryl methyl sites for hydroxylation is 2. The summed E-state index contributed by atoms with van der Waals surface area (Å²) < 4.78 is 5.82. The number of thiazole rings is 1. The summed E-state index contributed by atoms with van der Waals surface area (Å²) in [6.07, 6.45) is 0.609. The monoisotopic (exact) mass is 543 g/mol. The van der Waals surface area contributed by atoms with Crippen LogP contribution in [0.3, 0.4) is 0 Å². The first-order chi connectivity index (χ1) is 13.9. The molecule has 166 valence electrons. The average Bonchev–Trinajstić information content (AvgIpc) is 3.00. The van der Waals surface area contributed by atoms with Gasteiger partial charge in [-0.1, -0.05) is 24.3 Å². The molecule has 0 amide bonds. The van der Waals surface area contributed by atoms with Crippen LogP contribution in [0.4, 0.5) is 0 Å². The second-order valence-corrected chi connectivity index (χ2v) is 9.08. The molecule has 2 aromatic rings. The fraction of sp³-hybridized carbons (Fsp3) is 0.545. The second-order valence-electron chi connectivity index (χ2n) is 7.80. The highest BCUT2D eigenvalue weighted by atomic mass is 127. The van der Waals surface area contributed by atoms with Gasteiger partial charge in [0, 0.05) is 38.1 Å². The van der Waals surface area contributed by atoms with Crippen LogP contribution < -0.4 is 10.6 Å². The molecule has 0 saturated carbocycles. The first kappa shape index (κ1) is 25.0. The molecule has 0 bridgehead atoms. The maximum Gasteiger partial charge on any atom is 0.191 e. The van der Waals surface area contributed by atoms with Gasteiger partial charge in [-0.3, -0.25) is 9.89 Å². The third-order valence-corrected chi connectivity index (χ3v) is 6.16. The highest BCUT2D eigenvalue weighted by Crippen LogP contribution is 2.16. The van der Waals surface area contributed by atoms with Gasteiger partial charge in [0.1, 0.15) is 5.01 Å². The Kier molecular flexibility index (Phi) is 9.99. The van der Waals surface area contributed by atoms with E-state index in [0.29, 0.717) is 18.8 Å². The predicted molar refractivity (Wildman–Crippen MR) is 136 cm³/mol. The van der Waals surface area contributed by atoms with Crippen molar-refractivity contribution in [1.29, 1.82) is 0 Å². The summed E-state index contributed by atoms with van der Waals surface area (Å²) in [5, 5.41) is 7.80. The van der Waals surface area contributed by atoms with Gasteiger partial charge >= 0.3 is 0 Å². The molecule has 1 aliphatic rings. The third-order valence-electron chi connectivity index (χ3n) is 5.09. The number of ether oxygens (including phenoxy) is 1. The Bertz CT molecular complexity index is 794. The highest BCUT2D eigenvalue weighted by Gasteiger charge is 2.21. The van der Waals surface area contributed by atoms with E-state index in [-0.39, 0.29) is 24.0 Å². The van der Waals surface area contributed by atoms with E-state index in [9.17, 15) is 0 Å². The van der Waals surface area contributed by atoms with Gasteiger partial charge in [-0.25, -0.2) is 4.98 Å². The molecule has 30 heavy (non-hydrogen) atoms. The first-order valence-electron chi connectivity index (χ1n) is 10.3. The molecule has 1 fully saturated rings. The minimum atomic E-state index is 0. The number of rotatable bonds is 6. The summed E-state index contributed by atoms with van der Waals surface area (Å²) in [6.45, 7) is 12.8. The Morgan fingerprint density at radius 2 is 1.70 bits per heavy atom. The van der Waals surface area contributed by atoms with Crippen molar-refractivity contribution in [3.8, 4) is 0 Å². The molecule has 6 nitrogen and oxygen atoms in total. The summed E-state index contributed by atoms with van der Waals surface area (Å²) in [4.78, 5) is 12.6. The van der Waals surface area contributed by atoms with E-state index in [4.69, 9.17) is 4.74 Å². The molecular formula is C22H34IN5OS. The van der Waals surface area contributed by atoms with Crippen LogP contribution in [0, 0.1) is 13.8 Å². The van der Waals surface area contributed by atoms with Crippen molar-refractivity contribution in [3.63, 3.8) is 0 Å². The van der Waals surface area contributed by atoms with Crippen LogP contribution in [0.2, 0.25) is 0 Å². The van der Waals surface area contributed by atoms with Crippen LogP contribution in [0.5, 0.6) is 0 Å². The number of hydrogen-bond acceptors (Lipinski definition) is 5. The van der Waals surface area contributed by atoms with Crippen molar-refractivity contribution in [3.05, 3.63) is 51.0 Å². The molecule has 1 aromatic carbocycles.